The molecule has 20 heavy (non-hydrogen) atoms. The predicted molar refractivity (Wildman–Crippen MR) is 85.0 cm³/mol. The third kappa shape index (κ3) is 3.80. The molecule has 1 N–H and O–H groups in total. The van der Waals surface area contributed by atoms with Crippen LogP contribution in [0.1, 0.15) is 12.5 Å². The maximum atomic E-state index is 11.6. The second kappa shape index (κ2) is 6.37. The van der Waals surface area contributed by atoms with Crippen LogP contribution in [0.15, 0.2) is 41.8 Å². The van der Waals surface area contributed by atoms with Crippen molar-refractivity contribution in [3.8, 4) is 0 Å². The van der Waals surface area contributed by atoms with E-state index in [1.54, 1.807) is 6.08 Å². The number of nitrogens with zero attached hydrogens (tertiary/aromatic N) is 1. The minimum atomic E-state index is -3.09. The van der Waals surface area contributed by atoms with E-state index in [1.165, 1.54) is 5.41 Å². The van der Waals surface area contributed by atoms with E-state index in [0.717, 1.165) is 5.56 Å². The highest BCUT2D eigenvalue weighted by Crippen LogP contribution is 2.17. The Morgan fingerprint density at radius 3 is 2.65 bits per heavy atom. The van der Waals surface area contributed by atoms with E-state index in [0.29, 0.717) is 18.2 Å². The van der Waals surface area contributed by atoms with Crippen LogP contribution in [-0.4, -0.2) is 36.8 Å². The molecular formula is C14H18N2O2S2. The van der Waals surface area contributed by atoms with Crippen LogP contribution in [0, 0.1) is 0 Å². The van der Waals surface area contributed by atoms with Gasteiger partial charge in [-0.25, -0.2) is 8.42 Å². The highest BCUT2D eigenvalue weighted by atomic mass is 32.2. The van der Waals surface area contributed by atoms with Crippen molar-refractivity contribution in [2.24, 2.45) is 0 Å². The summed E-state index contributed by atoms with van der Waals surface area (Å²) >= 11 is 5.37. The zero-order valence-corrected chi connectivity index (χ0v) is 13.0. The molecule has 1 heterocycles. The van der Waals surface area contributed by atoms with Gasteiger partial charge < -0.3 is 10.2 Å². The molecule has 0 spiro atoms. The van der Waals surface area contributed by atoms with E-state index in [1.807, 2.05) is 42.2 Å². The summed E-state index contributed by atoms with van der Waals surface area (Å²) in [5, 5.41) is 4.97. The van der Waals surface area contributed by atoms with E-state index in [4.69, 9.17) is 12.2 Å². The Morgan fingerprint density at radius 1 is 1.40 bits per heavy atom. The first-order valence-electron chi connectivity index (χ1n) is 6.51. The smallest absolute Gasteiger partial charge is 0.173 e. The monoisotopic (exact) mass is 310 g/mol. The van der Waals surface area contributed by atoms with E-state index in [9.17, 15) is 8.42 Å². The number of rotatable bonds is 4. The third-order valence-electron chi connectivity index (χ3n) is 3.10. The molecule has 0 amide bonds. The predicted octanol–water partition coefficient (Wildman–Crippen LogP) is 1.69. The van der Waals surface area contributed by atoms with Crippen LogP contribution in [0.3, 0.4) is 0 Å². The lowest BCUT2D eigenvalue weighted by Crippen LogP contribution is -2.45. The molecule has 1 atom stereocenters. The summed E-state index contributed by atoms with van der Waals surface area (Å²) in [5.41, 5.74) is 1.10. The van der Waals surface area contributed by atoms with E-state index >= 15 is 0 Å². The lowest BCUT2D eigenvalue weighted by atomic mass is 10.2. The first-order valence-corrected chi connectivity index (χ1v) is 8.63. The molecular weight excluding hydrogens is 292 g/mol. The van der Waals surface area contributed by atoms with Crippen LogP contribution in [0.2, 0.25) is 0 Å². The number of nitrogens with one attached hydrogen (secondary N) is 1. The zero-order chi connectivity index (χ0) is 14.6. The van der Waals surface area contributed by atoms with Gasteiger partial charge in [-0.1, -0.05) is 30.3 Å². The number of thiocarbonyl (C=S) groups is 1. The standard InChI is InChI=1S/C14H18N2O2S2/c1-2-15-14(19)16(10-12-6-4-3-5-7-12)13-8-9-20(17,18)11-13/h3-9,13H,2,10-11H2,1H3,(H,15,19)/t13-/m0/s1. The van der Waals surface area contributed by atoms with Crippen molar-refractivity contribution < 1.29 is 8.42 Å². The Bertz CT molecular complexity index is 597. The molecule has 6 heteroatoms. The molecule has 2 rings (SSSR count). The molecule has 0 radical (unpaired) electrons. The van der Waals surface area contributed by atoms with Crippen molar-refractivity contribution in [2.45, 2.75) is 19.5 Å². The normalized spacial score (nSPS) is 19.8. The summed E-state index contributed by atoms with van der Waals surface area (Å²) in [6.45, 7) is 3.28. The number of benzene rings is 1. The molecule has 0 aromatic heterocycles. The summed E-state index contributed by atoms with van der Waals surface area (Å²) in [7, 11) is -3.09. The Balaban J connectivity index is 2.18. The van der Waals surface area contributed by atoms with Gasteiger partial charge >= 0.3 is 0 Å². The van der Waals surface area contributed by atoms with Crippen molar-refractivity contribution >= 4 is 27.2 Å². The van der Waals surface area contributed by atoms with Gasteiger partial charge in [0.1, 0.15) is 0 Å². The number of hydrogen-bond acceptors (Lipinski definition) is 3. The zero-order valence-electron chi connectivity index (χ0n) is 11.3. The lowest BCUT2D eigenvalue weighted by Gasteiger charge is -2.30. The summed E-state index contributed by atoms with van der Waals surface area (Å²) in [6.07, 6.45) is 1.71. The fraction of sp³-hybridized carbons (Fsp3) is 0.357. The van der Waals surface area contributed by atoms with Crippen molar-refractivity contribution in [3.05, 3.63) is 47.4 Å². The van der Waals surface area contributed by atoms with E-state index in [2.05, 4.69) is 5.32 Å². The van der Waals surface area contributed by atoms with Crippen molar-refractivity contribution in [2.75, 3.05) is 12.3 Å². The van der Waals surface area contributed by atoms with Gasteiger partial charge in [-0.3, -0.25) is 0 Å². The molecule has 1 aromatic rings. The van der Waals surface area contributed by atoms with Crippen LogP contribution in [0.4, 0.5) is 0 Å². The highest BCUT2D eigenvalue weighted by Gasteiger charge is 2.28. The molecule has 0 saturated carbocycles. The Labute approximate surface area is 125 Å². The third-order valence-corrected chi connectivity index (χ3v) is 4.85. The maximum Gasteiger partial charge on any atom is 0.173 e. The molecule has 0 unspecified atom stereocenters. The van der Waals surface area contributed by atoms with Crippen molar-refractivity contribution in [3.63, 3.8) is 0 Å². The van der Waals surface area contributed by atoms with Crippen molar-refractivity contribution in [1.29, 1.82) is 0 Å². The second-order valence-corrected chi connectivity index (χ2v) is 6.99. The average Bonchev–Trinajstić information content (AvgIpc) is 2.77. The molecule has 0 fully saturated rings. The van der Waals surface area contributed by atoms with Gasteiger partial charge in [0.25, 0.3) is 0 Å². The quantitative estimate of drug-likeness (QED) is 0.858. The molecule has 1 aromatic carbocycles. The van der Waals surface area contributed by atoms with Crippen LogP contribution in [-0.2, 0) is 16.4 Å². The molecule has 1 aliphatic rings. The molecule has 0 bridgehead atoms. The Morgan fingerprint density at radius 2 is 2.10 bits per heavy atom. The van der Waals surface area contributed by atoms with Gasteiger partial charge in [0.15, 0.2) is 14.9 Å². The molecule has 0 saturated heterocycles. The largest absolute Gasteiger partial charge is 0.363 e. The van der Waals surface area contributed by atoms with Crippen LogP contribution < -0.4 is 5.32 Å². The fourth-order valence-corrected chi connectivity index (χ4v) is 3.77. The average molecular weight is 310 g/mol. The van der Waals surface area contributed by atoms with E-state index in [-0.39, 0.29) is 11.8 Å². The number of sulfone groups is 1. The fourth-order valence-electron chi connectivity index (χ4n) is 2.13. The molecule has 4 nitrogen and oxygen atoms in total. The van der Waals surface area contributed by atoms with Gasteiger partial charge in [-0.05, 0) is 30.8 Å². The highest BCUT2D eigenvalue weighted by molar-refractivity contribution is 7.94. The van der Waals surface area contributed by atoms with Gasteiger partial charge in [-0.2, -0.15) is 0 Å². The van der Waals surface area contributed by atoms with Gasteiger partial charge in [0.2, 0.25) is 0 Å². The van der Waals surface area contributed by atoms with Crippen molar-refractivity contribution in [1.82, 2.24) is 10.2 Å². The minimum absolute atomic E-state index is 0.0887. The summed E-state index contributed by atoms with van der Waals surface area (Å²) in [5.74, 6) is 0.0887. The van der Waals surface area contributed by atoms with Gasteiger partial charge in [0.05, 0.1) is 11.8 Å². The molecule has 1 aliphatic heterocycles. The van der Waals surface area contributed by atoms with Crippen LogP contribution in [0.5, 0.6) is 0 Å². The van der Waals surface area contributed by atoms with Crippen LogP contribution in [0.25, 0.3) is 0 Å². The first kappa shape index (κ1) is 15.0. The first-order chi connectivity index (χ1) is 9.52. The topological polar surface area (TPSA) is 49.4 Å². The van der Waals surface area contributed by atoms with Gasteiger partial charge in [0, 0.05) is 18.5 Å². The SMILES string of the molecule is CCNC(=S)N(Cc1ccccc1)[C@H]1C=CS(=O)(=O)C1. The number of hydrogen-bond donors (Lipinski definition) is 1. The molecule has 0 aliphatic carbocycles. The summed E-state index contributed by atoms with van der Waals surface area (Å²) in [6, 6.07) is 9.70. The van der Waals surface area contributed by atoms with E-state index < -0.39 is 9.84 Å². The molecule has 108 valence electrons. The van der Waals surface area contributed by atoms with Crippen LogP contribution >= 0.6 is 12.2 Å². The Kier molecular flexibility index (Phi) is 4.77. The van der Waals surface area contributed by atoms with Gasteiger partial charge in [-0.15, -0.1) is 0 Å². The maximum absolute atomic E-state index is 11.6. The summed E-state index contributed by atoms with van der Waals surface area (Å²) in [4.78, 5) is 1.93. The minimum Gasteiger partial charge on any atom is -0.363 e. The summed E-state index contributed by atoms with van der Waals surface area (Å²) < 4.78 is 23.2. The lowest BCUT2D eigenvalue weighted by molar-refractivity contribution is 0.369. The Hall–Kier alpha value is -1.40. The second-order valence-electron chi connectivity index (χ2n) is 4.67.